The van der Waals surface area contributed by atoms with Gasteiger partial charge in [-0.05, 0) is 29.1 Å². The predicted molar refractivity (Wildman–Crippen MR) is 87.8 cm³/mol. The highest BCUT2D eigenvalue weighted by Gasteiger charge is 2.24. The van der Waals surface area contributed by atoms with E-state index in [1.165, 1.54) is 11.4 Å². The summed E-state index contributed by atoms with van der Waals surface area (Å²) in [7, 11) is 0. The zero-order chi connectivity index (χ0) is 17.0. The summed E-state index contributed by atoms with van der Waals surface area (Å²) in [5, 5.41) is 4.92. The number of benzene rings is 1. The Morgan fingerprint density at radius 3 is 2.78 bits per heavy atom. The number of carbonyl (C=O) groups is 1. The van der Waals surface area contributed by atoms with E-state index in [-0.39, 0.29) is 16.0 Å². The summed E-state index contributed by atoms with van der Waals surface area (Å²) in [5.74, 6) is -0.547. The maximum Gasteiger partial charge on any atom is 0.387 e. The van der Waals surface area contributed by atoms with Gasteiger partial charge in [-0.3, -0.25) is 4.79 Å². The minimum atomic E-state index is -2.96. The van der Waals surface area contributed by atoms with Crippen LogP contribution in [0.1, 0.15) is 29.1 Å². The van der Waals surface area contributed by atoms with Gasteiger partial charge in [-0.1, -0.05) is 37.6 Å². The molecular weight excluding hydrogens is 344 g/mol. The van der Waals surface area contributed by atoms with E-state index in [2.05, 4.69) is 10.1 Å². The smallest absolute Gasteiger partial charge is 0.387 e. The molecule has 0 unspecified atom stereocenters. The lowest BCUT2D eigenvalue weighted by atomic mass is 9.84. The molecule has 0 radical (unpaired) electrons. The maximum absolute atomic E-state index is 12.3. The molecule has 0 atom stereocenters. The first-order chi connectivity index (χ1) is 10.8. The van der Waals surface area contributed by atoms with Gasteiger partial charge in [0, 0.05) is 17.0 Å². The summed E-state index contributed by atoms with van der Waals surface area (Å²) in [5.41, 5.74) is 0.613. The second-order valence-electron chi connectivity index (χ2n) is 5.57. The third kappa shape index (κ3) is 4.65. The zero-order valence-electron chi connectivity index (χ0n) is 12.6. The Morgan fingerprint density at radius 2 is 2.13 bits per heavy atom. The molecule has 0 aliphatic rings. The fourth-order valence-corrected chi connectivity index (χ4v) is 2.97. The Morgan fingerprint density at radius 1 is 1.39 bits per heavy atom. The van der Waals surface area contributed by atoms with Crippen molar-refractivity contribution in [2.24, 2.45) is 0 Å². The molecule has 0 saturated carbocycles. The molecule has 1 amide bonds. The minimum absolute atomic E-state index is 0.108. The van der Waals surface area contributed by atoms with Gasteiger partial charge in [0.15, 0.2) is 0 Å². The first kappa shape index (κ1) is 17.7. The molecule has 0 aliphatic heterocycles. The van der Waals surface area contributed by atoms with Gasteiger partial charge < -0.3 is 10.1 Å². The van der Waals surface area contributed by atoms with Crippen molar-refractivity contribution in [1.29, 1.82) is 0 Å². The normalized spacial score (nSPS) is 11.6. The van der Waals surface area contributed by atoms with Crippen molar-refractivity contribution in [3.8, 4) is 5.75 Å². The lowest BCUT2D eigenvalue weighted by Gasteiger charge is -2.25. The van der Waals surface area contributed by atoms with Gasteiger partial charge in [0.2, 0.25) is 0 Å². The molecule has 0 saturated heterocycles. The average Bonchev–Trinajstić information content (AvgIpc) is 2.92. The van der Waals surface area contributed by atoms with Gasteiger partial charge in [-0.2, -0.15) is 8.78 Å². The first-order valence-electron chi connectivity index (χ1n) is 6.86. The van der Waals surface area contributed by atoms with E-state index in [9.17, 15) is 13.6 Å². The second kappa shape index (κ2) is 7.27. The molecule has 0 spiro atoms. The monoisotopic (exact) mass is 359 g/mol. The van der Waals surface area contributed by atoms with Crippen LogP contribution in [0.2, 0.25) is 5.02 Å². The summed E-state index contributed by atoms with van der Waals surface area (Å²) in [6, 6.07) is 8.74. The minimum Gasteiger partial charge on any atom is -0.433 e. The third-order valence-electron chi connectivity index (χ3n) is 3.35. The molecule has 2 rings (SSSR count). The number of halogens is 3. The Bertz CT molecular complexity index is 688. The van der Waals surface area contributed by atoms with Crippen LogP contribution in [0.4, 0.5) is 8.78 Å². The van der Waals surface area contributed by atoms with Crippen LogP contribution < -0.4 is 10.1 Å². The first-order valence-corrected chi connectivity index (χ1v) is 8.12. The number of hydrogen-bond acceptors (Lipinski definition) is 3. The largest absolute Gasteiger partial charge is 0.433 e. The van der Waals surface area contributed by atoms with Crippen molar-refractivity contribution in [3.05, 3.63) is 51.2 Å². The fourth-order valence-electron chi connectivity index (χ4n) is 2.04. The van der Waals surface area contributed by atoms with E-state index in [4.69, 9.17) is 11.6 Å². The Balaban J connectivity index is 2.05. The molecule has 1 N–H and O–H groups in total. The van der Waals surface area contributed by atoms with E-state index in [1.54, 1.807) is 6.07 Å². The molecule has 23 heavy (non-hydrogen) atoms. The average molecular weight is 360 g/mol. The van der Waals surface area contributed by atoms with Crippen LogP contribution in [0.25, 0.3) is 0 Å². The SMILES string of the molecule is CC(C)(CNC(=O)c1sccc1OC(F)F)c1cccc(Cl)c1. The Labute approximate surface area is 142 Å². The number of rotatable bonds is 6. The fraction of sp³-hybridized carbons (Fsp3) is 0.312. The Kier molecular flexibility index (Phi) is 5.59. The van der Waals surface area contributed by atoms with Gasteiger partial charge >= 0.3 is 6.61 Å². The van der Waals surface area contributed by atoms with E-state index in [0.717, 1.165) is 16.9 Å². The van der Waals surface area contributed by atoms with E-state index in [0.29, 0.717) is 11.6 Å². The van der Waals surface area contributed by atoms with E-state index >= 15 is 0 Å². The summed E-state index contributed by atoms with van der Waals surface area (Å²) < 4.78 is 29.0. The topological polar surface area (TPSA) is 38.3 Å². The molecule has 1 heterocycles. The molecular formula is C16H16ClF2NO2S. The van der Waals surface area contributed by atoms with Gasteiger partial charge in [0.05, 0.1) is 0 Å². The van der Waals surface area contributed by atoms with Crippen molar-refractivity contribution in [1.82, 2.24) is 5.32 Å². The number of amides is 1. The van der Waals surface area contributed by atoms with Crippen LogP contribution in [0.15, 0.2) is 35.7 Å². The van der Waals surface area contributed by atoms with Crippen LogP contribution in [0, 0.1) is 0 Å². The molecule has 2 aromatic rings. The number of hydrogen-bond donors (Lipinski definition) is 1. The molecule has 7 heteroatoms. The van der Waals surface area contributed by atoms with Crippen LogP contribution in [0.5, 0.6) is 5.75 Å². The summed E-state index contributed by atoms with van der Waals surface area (Å²) >= 11 is 7.05. The highest BCUT2D eigenvalue weighted by atomic mass is 35.5. The van der Waals surface area contributed by atoms with Crippen molar-refractivity contribution in [2.45, 2.75) is 25.9 Å². The summed E-state index contributed by atoms with van der Waals surface area (Å²) in [6.45, 7) is 1.30. The molecule has 0 fully saturated rings. The number of thiophene rings is 1. The number of carbonyl (C=O) groups excluding carboxylic acids is 1. The van der Waals surface area contributed by atoms with Crippen LogP contribution in [-0.2, 0) is 5.41 Å². The lowest BCUT2D eigenvalue weighted by Crippen LogP contribution is -2.36. The van der Waals surface area contributed by atoms with Crippen molar-refractivity contribution < 1.29 is 18.3 Å². The van der Waals surface area contributed by atoms with Gasteiger partial charge in [0.25, 0.3) is 5.91 Å². The number of alkyl halides is 2. The van der Waals surface area contributed by atoms with E-state index in [1.807, 2.05) is 32.0 Å². The molecule has 0 bridgehead atoms. The predicted octanol–water partition coefficient (Wildman–Crippen LogP) is 4.71. The highest BCUT2D eigenvalue weighted by Crippen LogP contribution is 2.28. The summed E-state index contributed by atoms with van der Waals surface area (Å²) in [6.07, 6.45) is 0. The van der Waals surface area contributed by atoms with Crippen molar-refractivity contribution >= 4 is 28.8 Å². The molecule has 0 aliphatic carbocycles. The molecule has 124 valence electrons. The van der Waals surface area contributed by atoms with Gasteiger partial charge in [-0.15, -0.1) is 11.3 Å². The number of nitrogens with one attached hydrogen (secondary N) is 1. The quantitative estimate of drug-likeness (QED) is 0.811. The van der Waals surface area contributed by atoms with Gasteiger partial charge in [-0.25, -0.2) is 0 Å². The molecule has 3 nitrogen and oxygen atoms in total. The standard InChI is InChI=1S/C16H16ClF2NO2S/c1-16(2,10-4-3-5-11(17)8-10)9-20-14(21)13-12(6-7-23-13)22-15(18)19/h3-8,15H,9H2,1-2H3,(H,20,21). The van der Waals surface area contributed by atoms with Crippen molar-refractivity contribution in [3.63, 3.8) is 0 Å². The Hall–Kier alpha value is -1.66. The number of ether oxygens (including phenoxy) is 1. The zero-order valence-corrected chi connectivity index (χ0v) is 14.2. The van der Waals surface area contributed by atoms with Crippen LogP contribution >= 0.6 is 22.9 Å². The van der Waals surface area contributed by atoms with Crippen LogP contribution in [0.3, 0.4) is 0 Å². The molecule has 1 aromatic carbocycles. The third-order valence-corrected chi connectivity index (χ3v) is 4.48. The molecule has 1 aromatic heterocycles. The summed E-state index contributed by atoms with van der Waals surface area (Å²) in [4.78, 5) is 12.3. The highest BCUT2D eigenvalue weighted by molar-refractivity contribution is 7.12. The lowest BCUT2D eigenvalue weighted by molar-refractivity contribution is -0.0498. The maximum atomic E-state index is 12.3. The van der Waals surface area contributed by atoms with E-state index < -0.39 is 12.5 Å². The van der Waals surface area contributed by atoms with Gasteiger partial charge in [0.1, 0.15) is 10.6 Å². The van der Waals surface area contributed by atoms with Crippen LogP contribution in [-0.4, -0.2) is 19.1 Å². The second-order valence-corrected chi connectivity index (χ2v) is 6.92. The van der Waals surface area contributed by atoms with Crippen molar-refractivity contribution in [2.75, 3.05) is 6.54 Å².